The van der Waals surface area contributed by atoms with Crippen LogP contribution in [0.5, 0.6) is 0 Å². The lowest BCUT2D eigenvalue weighted by Crippen LogP contribution is -2.47. The molecule has 0 aromatic heterocycles. The average Bonchev–Trinajstić information content (AvgIpc) is 2.04. The van der Waals surface area contributed by atoms with E-state index < -0.39 is 7.25 Å². The Morgan fingerprint density at radius 2 is 1.85 bits per heavy atom. The molecule has 1 aromatic carbocycles. The first-order chi connectivity index (χ1) is 6.13. The molecule has 0 spiro atoms. The van der Waals surface area contributed by atoms with Crippen molar-refractivity contribution in [3.63, 3.8) is 0 Å². The summed E-state index contributed by atoms with van der Waals surface area (Å²) < 4.78 is 0. The molecule has 0 unspecified atom stereocenters. The van der Waals surface area contributed by atoms with Crippen LogP contribution in [0.1, 0.15) is 0 Å². The van der Waals surface area contributed by atoms with Crippen LogP contribution >= 0.6 is 12.2 Å². The lowest BCUT2D eigenvalue weighted by molar-refractivity contribution is 0.409. The normalized spacial score (nSPS) is 9.38. The van der Waals surface area contributed by atoms with E-state index in [2.05, 4.69) is 12.2 Å². The van der Waals surface area contributed by atoms with Crippen molar-refractivity contribution >= 4 is 30.3 Å². The molecule has 4 N–H and O–H groups in total. The molecule has 0 bridgehead atoms. The number of thiocarbonyl (C=S) groups is 1. The Kier molecular flexibility index (Phi) is 3.24. The van der Waals surface area contributed by atoms with E-state index in [9.17, 15) is 0 Å². The summed E-state index contributed by atoms with van der Waals surface area (Å²) in [6, 6.07) is 8.67. The molecule has 0 saturated carbocycles. The minimum absolute atomic E-state index is 0.0822. The van der Waals surface area contributed by atoms with Gasteiger partial charge < -0.3 is 20.6 Å². The molecule has 13 heavy (non-hydrogen) atoms. The fraction of sp³-hybridized carbons (Fsp3) is 0. The van der Waals surface area contributed by atoms with E-state index in [-0.39, 0.29) is 5.11 Å². The molecule has 0 aliphatic rings. The topological polar surface area (TPSA) is 69.7 Å². The predicted octanol–water partition coefficient (Wildman–Crippen LogP) is -0.294. The molecule has 4 nitrogen and oxygen atoms in total. The molecule has 0 radical (unpaired) electrons. The van der Waals surface area contributed by atoms with Crippen molar-refractivity contribution in [2.75, 3.05) is 4.81 Å². The number of nitrogens with two attached hydrogens (primary N) is 1. The summed E-state index contributed by atoms with van der Waals surface area (Å²) in [4.78, 5) is 1.04. The summed E-state index contributed by atoms with van der Waals surface area (Å²) in [6.07, 6.45) is 0. The van der Waals surface area contributed by atoms with Crippen LogP contribution in [-0.4, -0.2) is 22.4 Å². The van der Waals surface area contributed by atoms with E-state index in [1.54, 1.807) is 24.3 Å². The minimum Gasteiger partial charge on any atom is -0.407 e. The minimum atomic E-state index is -1.71. The Morgan fingerprint density at radius 1 is 1.31 bits per heavy atom. The molecular formula is C7H9BN2O2S. The van der Waals surface area contributed by atoms with Gasteiger partial charge in [-0.3, -0.25) is 0 Å². The predicted molar refractivity (Wildman–Crippen MR) is 55.9 cm³/mol. The highest BCUT2D eigenvalue weighted by atomic mass is 32.1. The van der Waals surface area contributed by atoms with Crippen molar-refractivity contribution in [3.05, 3.63) is 30.3 Å². The van der Waals surface area contributed by atoms with Crippen molar-refractivity contribution in [1.82, 2.24) is 0 Å². The summed E-state index contributed by atoms with van der Waals surface area (Å²) in [5.74, 6) is 0. The molecule has 68 valence electrons. The van der Waals surface area contributed by atoms with Gasteiger partial charge in [0.05, 0.1) is 0 Å². The Balaban J connectivity index is 2.96. The van der Waals surface area contributed by atoms with Crippen molar-refractivity contribution in [3.8, 4) is 0 Å². The number of anilines is 1. The van der Waals surface area contributed by atoms with E-state index in [1.165, 1.54) is 0 Å². The zero-order chi connectivity index (χ0) is 9.84. The zero-order valence-electron chi connectivity index (χ0n) is 6.79. The van der Waals surface area contributed by atoms with Gasteiger partial charge in [0.15, 0.2) is 5.11 Å². The van der Waals surface area contributed by atoms with E-state index in [4.69, 9.17) is 15.8 Å². The maximum atomic E-state index is 8.95. The van der Waals surface area contributed by atoms with Crippen LogP contribution < -0.4 is 10.5 Å². The molecule has 1 rings (SSSR count). The lowest BCUT2D eigenvalue weighted by atomic mass is 10.1. The number of benzene rings is 1. The van der Waals surface area contributed by atoms with E-state index in [0.29, 0.717) is 5.69 Å². The third kappa shape index (κ3) is 2.41. The maximum Gasteiger partial charge on any atom is 0.594 e. The Hall–Kier alpha value is -1.11. The molecule has 1 aromatic rings. The second-order valence-corrected chi connectivity index (χ2v) is 2.81. The monoisotopic (exact) mass is 196 g/mol. The Morgan fingerprint density at radius 3 is 2.23 bits per heavy atom. The van der Waals surface area contributed by atoms with Crippen molar-refractivity contribution in [1.29, 1.82) is 0 Å². The van der Waals surface area contributed by atoms with Crippen molar-refractivity contribution in [2.24, 2.45) is 5.73 Å². The third-order valence-electron chi connectivity index (χ3n) is 1.50. The van der Waals surface area contributed by atoms with Gasteiger partial charge in [-0.2, -0.15) is 0 Å². The van der Waals surface area contributed by atoms with Crippen LogP contribution in [0.25, 0.3) is 0 Å². The van der Waals surface area contributed by atoms with Gasteiger partial charge in [-0.05, 0) is 24.4 Å². The van der Waals surface area contributed by atoms with Gasteiger partial charge in [-0.25, -0.2) is 0 Å². The van der Waals surface area contributed by atoms with Gasteiger partial charge in [-0.15, -0.1) is 0 Å². The second-order valence-electron chi connectivity index (χ2n) is 2.39. The Bertz CT molecular complexity index is 294. The smallest absolute Gasteiger partial charge is 0.407 e. The third-order valence-corrected chi connectivity index (χ3v) is 1.70. The Labute approximate surface area is 81.8 Å². The summed E-state index contributed by atoms with van der Waals surface area (Å²) >= 11 is 4.66. The highest BCUT2D eigenvalue weighted by molar-refractivity contribution is 7.80. The zero-order valence-corrected chi connectivity index (χ0v) is 7.61. The molecule has 0 atom stereocenters. The fourth-order valence-electron chi connectivity index (χ4n) is 0.963. The van der Waals surface area contributed by atoms with Crippen LogP contribution in [-0.2, 0) is 0 Å². The molecule has 0 saturated heterocycles. The first kappa shape index (κ1) is 9.98. The summed E-state index contributed by atoms with van der Waals surface area (Å²) in [7, 11) is -1.71. The van der Waals surface area contributed by atoms with Gasteiger partial charge in [0.25, 0.3) is 0 Å². The fourth-order valence-corrected chi connectivity index (χ4v) is 1.16. The van der Waals surface area contributed by atoms with Gasteiger partial charge in [-0.1, -0.05) is 18.2 Å². The van der Waals surface area contributed by atoms with Crippen LogP contribution in [0.4, 0.5) is 5.69 Å². The molecule has 0 aliphatic heterocycles. The number of nitrogens with zero attached hydrogens (tertiary/aromatic N) is 1. The second kappa shape index (κ2) is 4.22. The van der Waals surface area contributed by atoms with Crippen molar-refractivity contribution < 1.29 is 10.0 Å². The number of para-hydroxylation sites is 1. The molecule has 0 aliphatic carbocycles. The van der Waals surface area contributed by atoms with Gasteiger partial charge in [0, 0.05) is 5.69 Å². The summed E-state index contributed by atoms with van der Waals surface area (Å²) in [5.41, 5.74) is 5.85. The number of rotatable bonds is 2. The average molecular weight is 196 g/mol. The largest absolute Gasteiger partial charge is 0.594 e. The molecule has 0 amide bonds. The van der Waals surface area contributed by atoms with Crippen LogP contribution in [0.15, 0.2) is 30.3 Å². The van der Waals surface area contributed by atoms with E-state index in [1.807, 2.05) is 6.07 Å². The van der Waals surface area contributed by atoms with Gasteiger partial charge >= 0.3 is 7.25 Å². The first-order valence-electron chi connectivity index (χ1n) is 3.63. The highest BCUT2D eigenvalue weighted by Crippen LogP contribution is 2.12. The maximum absolute atomic E-state index is 8.95. The highest BCUT2D eigenvalue weighted by Gasteiger charge is 2.22. The van der Waals surface area contributed by atoms with E-state index in [0.717, 1.165) is 4.81 Å². The molecule has 0 fully saturated rings. The van der Waals surface area contributed by atoms with Crippen LogP contribution in [0.3, 0.4) is 0 Å². The summed E-state index contributed by atoms with van der Waals surface area (Å²) in [6.45, 7) is 0. The van der Waals surface area contributed by atoms with Gasteiger partial charge in [0.1, 0.15) is 0 Å². The first-order valence-corrected chi connectivity index (χ1v) is 4.03. The van der Waals surface area contributed by atoms with E-state index >= 15 is 0 Å². The summed E-state index contributed by atoms with van der Waals surface area (Å²) in [5, 5.41) is 17.8. The SMILES string of the molecule is NC(=S)N(B(O)O)c1ccccc1. The quantitative estimate of drug-likeness (QED) is 0.447. The number of hydrogen-bond donors (Lipinski definition) is 3. The molecule has 0 heterocycles. The van der Waals surface area contributed by atoms with Crippen LogP contribution in [0, 0.1) is 0 Å². The molecular weight excluding hydrogens is 187 g/mol. The van der Waals surface area contributed by atoms with Crippen LogP contribution in [0.2, 0.25) is 0 Å². The molecule has 6 heteroatoms. The van der Waals surface area contributed by atoms with Gasteiger partial charge in [0.2, 0.25) is 0 Å². The van der Waals surface area contributed by atoms with Crippen molar-refractivity contribution in [2.45, 2.75) is 0 Å². The lowest BCUT2D eigenvalue weighted by Gasteiger charge is -2.21. The standard InChI is InChI=1S/C7H9BN2O2S/c9-7(13)10(8(11)12)6-4-2-1-3-5-6/h1-5,11-12H,(H2,9,13). The number of hydrogen-bond acceptors (Lipinski definition) is 3.